The van der Waals surface area contributed by atoms with E-state index in [0.29, 0.717) is 27.5 Å². The van der Waals surface area contributed by atoms with Crippen molar-refractivity contribution in [1.29, 1.82) is 0 Å². The smallest absolute Gasteiger partial charge is 0.416 e. The van der Waals surface area contributed by atoms with Crippen LogP contribution in [0.1, 0.15) is 43.6 Å². The highest BCUT2D eigenvalue weighted by Crippen LogP contribution is 2.49. The number of fused-ring (bicyclic) bond motifs is 5. The van der Waals surface area contributed by atoms with Gasteiger partial charge in [-0.1, -0.05) is 36.4 Å². The van der Waals surface area contributed by atoms with Crippen molar-refractivity contribution in [2.24, 2.45) is 7.05 Å². The lowest BCUT2D eigenvalue weighted by molar-refractivity contribution is -0.185. The van der Waals surface area contributed by atoms with Crippen molar-refractivity contribution >= 4 is 50.6 Å². The molecule has 1 aliphatic rings. The van der Waals surface area contributed by atoms with E-state index in [0.717, 1.165) is 29.0 Å². The Bertz CT molecular complexity index is 2170. The Kier molecular flexibility index (Phi) is 7.73. The Balaban J connectivity index is 1.50. The molecule has 0 amide bonds. The first-order valence-electron chi connectivity index (χ1n) is 14.7. The van der Waals surface area contributed by atoms with Crippen LogP contribution in [-0.2, 0) is 32.3 Å². The topological polar surface area (TPSA) is 93.1 Å². The number of carbonyl (C=O) groups excluding carboxylic acids is 2. The Morgan fingerprint density at radius 2 is 1.64 bits per heavy atom. The fourth-order valence-electron chi connectivity index (χ4n) is 6.14. The minimum atomic E-state index is -4.49. The molecular formula is C36H30F3NO7. The summed E-state index contributed by atoms with van der Waals surface area (Å²) in [4.78, 5) is 39.9. The summed E-state index contributed by atoms with van der Waals surface area (Å²) in [6, 6.07) is 17.2. The third-order valence-corrected chi connectivity index (χ3v) is 8.32. The second kappa shape index (κ2) is 11.5. The summed E-state index contributed by atoms with van der Waals surface area (Å²) in [7, 11) is 3.22. The summed E-state index contributed by atoms with van der Waals surface area (Å²) in [5.74, 6) is -0.994. The van der Waals surface area contributed by atoms with Gasteiger partial charge in [0, 0.05) is 31.5 Å². The van der Waals surface area contributed by atoms with Crippen molar-refractivity contribution in [2.75, 3.05) is 7.11 Å². The standard InChI is InChI=1S/C36H30F3NO7/c1-19(41)45-33-30-27(47-35(2,3)34(33)46-28(42)15-12-20-10-13-23(14-11-20)36(37,38)39)18-26(44-5)29-31(30)40(4)25-17-22-9-7-6-8-21(22)16-24(25)32(29)43/h6-18,33-34H,1-5H3/t33-,34-/m0/s1. The number of aryl methyl sites for hydroxylation is 1. The number of ether oxygens (including phenoxy) is 4. The molecule has 6 rings (SSSR count). The molecule has 47 heavy (non-hydrogen) atoms. The van der Waals surface area contributed by atoms with Crippen molar-refractivity contribution in [2.45, 2.75) is 44.8 Å². The van der Waals surface area contributed by atoms with Crippen molar-refractivity contribution < 1.29 is 41.7 Å². The highest BCUT2D eigenvalue weighted by Gasteiger charge is 2.50. The third-order valence-electron chi connectivity index (χ3n) is 8.32. The predicted molar refractivity (Wildman–Crippen MR) is 170 cm³/mol. The molecule has 1 aromatic heterocycles. The van der Waals surface area contributed by atoms with Gasteiger partial charge in [-0.2, -0.15) is 13.2 Å². The number of pyridine rings is 1. The molecule has 0 spiro atoms. The molecule has 1 aliphatic heterocycles. The number of carbonyl (C=O) groups is 2. The number of halogens is 3. The number of esters is 2. The molecule has 0 fully saturated rings. The first-order chi connectivity index (χ1) is 22.2. The summed E-state index contributed by atoms with van der Waals surface area (Å²) in [6.07, 6.45) is -4.53. The van der Waals surface area contributed by atoms with Crippen LogP contribution in [-0.4, -0.2) is 35.3 Å². The van der Waals surface area contributed by atoms with Crippen molar-refractivity contribution in [1.82, 2.24) is 4.57 Å². The lowest BCUT2D eigenvalue weighted by atomic mass is 9.86. The van der Waals surface area contributed by atoms with E-state index in [1.54, 1.807) is 31.5 Å². The summed E-state index contributed by atoms with van der Waals surface area (Å²) in [5.41, 5.74) is -0.752. The molecule has 0 bridgehead atoms. The summed E-state index contributed by atoms with van der Waals surface area (Å²) >= 11 is 0. The molecule has 0 saturated heterocycles. The molecule has 2 heterocycles. The number of rotatable bonds is 5. The van der Waals surface area contributed by atoms with Crippen LogP contribution in [0.5, 0.6) is 11.5 Å². The van der Waals surface area contributed by atoms with Crippen LogP contribution in [0.2, 0.25) is 0 Å². The third kappa shape index (κ3) is 5.66. The van der Waals surface area contributed by atoms with Crippen LogP contribution in [0.25, 0.3) is 38.7 Å². The second-order valence-corrected chi connectivity index (χ2v) is 11.9. The lowest BCUT2D eigenvalue weighted by Crippen LogP contribution is -2.52. The van der Waals surface area contributed by atoms with Gasteiger partial charge in [-0.3, -0.25) is 9.59 Å². The Morgan fingerprint density at radius 3 is 2.26 bits per heavy atom. The Morgan fingerprint density at radius 1 is 0.979 bits per heavy atom. The zero-order valence-electron chi connectivity index (χ0n) is 26.1. The fourth-order valence-corrected chi connectivity index (χ4v) is 6.14. The summed E-state index contributed by atoms with van der Waals surface area (Å²) in [5, 5.41) is 2.47. The lowest BCUT2D eigenvalue weighted by Gasteiger charge is -2.43. The summed E-state index contributed by atoms with van der Waals surface area (Å²) in [6.45, 7) is 4.54. The predicted octanol–water partition coefficient (Wildman–Crippen LogP) is 7.27. The number of nitrogens with zero attached hydrogens (tertiary/aromatic N) is 1. The second-order valence-electron chi connectivity index (χ2n) is 11.9. The van der Waals surface area contributed by atoms with Crippen LogP contribution >= 0.6 is 0 Å². The fraction of sp³-hybridized carbons (Fsp3) is 0.250. The Labute approximate surface area is 266 Å². The van der Waals surface area contributed by atoms with E-state index in [2.05, 4.69) is 0 Å². The Hall–Kier alpha value is -5.32. The first kappa shape index (κ1) is 31.7. The minimum Gasteiger partial charge on any atom is -0.496 e. The van der Waals surface area contributed by atoms with E-state index in [-0.39, 0.29) is 22.3 Å². The first-order valence-corrected chi connectivity index (χ1v) is 14.7. The van der Waals surface area contributed by atoms with Crippen molar-refractivity contribution in [3.05, 3.63) is 99.7 Å². The maximum absolute atomic E-state index is 14.2. The van der Waals surface area contributed by atoms with Gasteiger partial charge in [-0.25, -0.2) is 4.79 Å². The SMILES string of the molecule is COc1cc2c(c3c1c(=O)c1cc4ccccc4cc1n3C)[C@H](OC(C)=O)[C@H](OC(=O)C=Cc1ccc(C(F)(F)F)cc1)C(C)(C)O2. The monoisotopic (exact) mass is 645 g/mol. The molecule has 242 valence electrons. The van der Waals surface area contributed by atoms with E-state index in [4.69, 9.17) is 18.9 Å². The average Bonchev–Trinajstić information content (AvgIpc) is 3.02. The molecule has 11 heteroatoms. The minimum absolute atomic E-state index is 0.226. The van der Waals surface area contributed by atoms with Gasteiger partial charge in [-0.05, 0) is 60.5 Å². The van der Waals surface area contributed by atoms with Gasteiger partial charge in [0.1, 0.15) is 17.1 Å². The molecule has 0 unspecified atom stereocenters. The maximum atomic E-state index is 14.2. The van der Waals surface area contributed by atoms with Crippen LogP contribution in [0.3, 0.4) is 0 Å². The highest BCUT2D eigenvalue weighted by molar-refractivity contribution is 6.04. The molecule has 4 aromatic carbocycles. The van der Waals surface area contributed by atoms with Gasteiger partial charge in [0.05, 0.1) is 34.7 Å². The van der Waals surface area contributed by atoms with E-state index in [1.165, 1.54) is 32.2 Å². The molecule has 0 aliphatic carbocycles. The van der Waals surface area contributed by atoms with E-state index in [9.17, 15) is 27.6 Å². The number of hydrogen-bond acceptors (Lipinski definition) is 7. The van der Waals surface area contributed by atoms with E-state index >= 15 is 0 Å². The highest BCUT2D eigenvalue weighted by atomic mass is 19.4. The van der Waals surface area contributed by atoms with Gasteiger partial charge in [0.15, 0.2) is 12.2 Å². The van der Waals surface area contributed by atoms with Gasteiger partial charge in [-0.15, -0.1) is 0 Å². The number of alkyl halides is 3. The quantitative estimate of drug-likeness (QED) is 0.113. The molecule has 8 nitrogen and oxygen atoms in total. The average molecular weight is 646 g/mol. The van der Waals surface area contributed by atoms with Crippen LogP contribution in [0.4, 0.5) is 13.2 Å². The maximum Gasteiger partial charge on any atom is 0.416 e. The normalized spacial score (nSPS) is 17.4. The number of methoxy groups -OCH3 is 1. The van der Waals surface area contributed by atoms with Crippen molar-refractivity contribution in [3.8, 4) is 11.5 Å². The van der Waals surface area contributed by atoms with Crippen LogP contribution in [0, 0.1) is 0 Å². The molecule has 5 aromatic rings. The molecular weight excluding hydrogens is 615 g/mol. The van der Waals surface area contributed by atoms with E-state index in [1.807, 2.05) is 36.4 Å². The zero-order valence-corrected chi connectivity index (χ0v) is 26.1. The van der Waals surface area contributed by atoms with Gasteiger partial charge in [0.2, 0.25) is 5.43 Å². The number of aromatic nitrogens is 1. The van der Waals surface area contributed by atoms with E-state index < -0.39 is 41.5 Å². The summed E-state index contributed by atoms with van der Waals surface area (Å²) < 4.78 is 64.5. The van der Waals surface area contributed by atoms with Crippen molar-refractivity contribution in [3.63, 3.8) is 0 Å². The molecule has 0 N–H and O–H groups in total. The van der Waals surface area contributed by atoms with Gasteiger partial charge >= 0.3 is 18.1 Å². The zero-order chi connectivity index (χ0) is 33.8. The number of hydrogen-bond donors (Lipinski definition) is 0. The van der Waals surface area contributed by atoms with Gasteiger partial charge < -0.3 is 23.5 Å². The molecule has 0 radical (unpaired) electrons. The molecule has 2 atom stereocenters. The molecule has 0 saturated carbocycles. The van der Waals surface area contributed by atoms with Crippen LogP contribution < -0.4 is 14.9 Å². The van der Waals surface area contributed by atoms with Gasteiger partial charge in [0.25, 0.3) is 0 Å². The van der Waals surface area contributed by atoms with Crippen LogP contribution in [0.15, 0.2) is 77.6 Å². The largest absolute Gasteiger partial charge is 0.496 e. The number of benzene rings is 4.